The minimum Gasteiger partial charge on any atom is -0.453 e. The van der Waals surface area contributed by atoms with Gasteiger partial charge < -0.3 is 14.4 Å². The molecule has 1 aliphatic rings. The number of ether oxygens (including phenoxy) is 2. The lowest BCUT2D eigenvalue weighted by molar-refractivity contribution is 0.477. The molecule has 1 aliphatic heterocycles. The predicted molar refractivity (Wildman–Crippen MR) is 165 cm³/mol. The molecule has 0 aliphatic carbocycles. The summed E-state index contributed by atoms with van der Waals surface area (Å²) in [4.78, 5) is 2.25. The van der Waals surface area contributed by atoms with Crippen molar-refractivity contribution in [3.63, 3.8) is 0 Å². The van der Waals surface area contributed by atoms with Gasteiger partial charge >= 0.3 is 0 Å². The molecule has 0 radical (unpaired) electrons. The maximum atomic E-state index is 8.86. The number of benzene rings is 6. The summed E-state index contributed by atoms with van der Waals surface area (Å²) >= 11 is 0. The molecule has 0 saturated carbocycles. The molecule has 0 spiro atoms. The van der Waals surface area contributed by atoms with E-state index in [0.717, 1.165) is 50.5 Å². The largest absolute Gasteiger partial charge is 0.453 e. The SMILES string of the molecule is N=C(OC(=N)c1ccccc1-c1cccc2cccc(N3c4ccccc4Oc4ccccc43)c12)c1ccccc1. The number of nitrogens with zero attached hydrogens (tertiary/aromatic N) is 1. The number of anilines is 3. The number of para-hydroxylation sites is 4. The summed E-state index contributed by atoms with van der Waals surface area (Å²) < 4.78 is 12.0. The van der Waals surface area contributed by atoms with Crippen molar-refractivity contribution in [2.45, 2.75) is 0 Å². The molecule has 6 aromatic rings. The molecule has 1 heterocycles. The van der Waals surface area contributed by atoms with Crippen LogP contribution in [0.3, 0.4) is 0 Å². The van der Waals surface area contributed by atoms with Gasteiger partial charge in [0.05, 0.1) is 17.1 Å². The first kappa shape index (κ1) is 24.4. The molecule has 0 fully saturated rings. The summed E-state index contributed by atoms with van der Waals surface area (Å²) in [6.07, 6.45) is 0. The zero-order valence-electron chi connectivity index (χ0n) is 22.0. The second kappa shape index (κ2) is 10.1. The fourth-order valence-corrected chi connectivity index (χ4v) is 5.42. The molecule has 6 aromatic carbocycles. The molecule has 7 rings (SSSR count). The highest BCUT2D eigenvalue weighted by atomic mass is 16.5. The van der Waals surface area contributed by atoms with Gasteiger partial charge in [0.25, 0.3) is 0 Å². The Bertz CT molecular complexity index is 1900. The highest BCUT2D eigenvalue weighted by molar-refractivity contribution is 6.13. The van der Waals surface area contributed by atoms with Gasteiger partial charge in [0.2, 0.25) is 11.8 Å². The van der Waals surface area contributed by atoms with Gasteiger partial charge in [-0.2, -0.15) is 0 Å². The van der Waals surface area contributed by atoms with Crippen LogP contribution < -0.4 is 9.64 Å². The van der Waals surface area contributed by atoms with Crippen molar-refractivity contribution in [1.29, 1.82) is 10.8 Å². The summed E-state index contributed by atoms with van der Waals surface area (Å²) in [6, 6.07) is 45.6. The van der Waals surface area contributed by atoms with Crippen molar-refractivity contribution >= 4 is 39.6 Å². The first-order chi connectivity index (χ1) is 20.2. The summed E-state index contributed by atoms with van der Waals surface area (Å²) in [6.45, 7) is 0. The van der Waals surface area contributed by atoms with Crippen molar-refractivity contribution in [2.24, 2.45) is 0 Å². The van der Waals surface area contributed by atoms with Crippen LogP contribution in [0.25, 0.3) is 21.9 Å². The highest BCUT2D eigenvalue weighted by Crippen LogP contribution is 2.52. The lowest BCUT2D eigenvalue weighted by Crippen LogP contribution is -2.16. The number of rotatable bonds is 4. The molecular weight excluding hydrogens is 506 g/mol. The molecule has 0 unspecified atom stereocenters. The van der Waals surface area contributed by atoms with Gasteiger partial charge in [-0.05, 0) is 65.0 Å². The summed E-state index contributed by atoms with van der Waals surface area (Å²) in [5.41, 5.74) is 5.95. The minimum atomic E-state index is -0.0778. The molecule has 41 heavy (non-hydrogen) atoms. The second-order valence-electron chi connectivity index (χ2n) is 9.73. The van der Waals surface area contributed by atoms with E-state index in [0.29, 0.717) is 11.1 Å². The van der Waals surface area contributed by atoms with Crippen LogP contribution in [0.15, 0.2) is 140 Å². The highest BCUT2D eigenvalue weighted by Gasteiger charge is 2.27. The van der Waals surface area contributed by atoms with Gasteiger partial charge in [-0.25, -0.2) is 0 Å². The smallest absolute Gasteiger partial charge is 0.221 e. The van der Waals surface area contributed by atoms with Crippen LogP contribution in [0.1, 0.15) is 11.1 Å². The Morgan fingerprint density at radius 1 is 0.512 bits per heavy atom. The van der Waals surface area contributed by atoms with Gasteiger partial charge in [-0.1, -0.05) is 91.0 Å². The van der Waals surface area contributed by atoms with Crippen LogP contribution in [0, 0.1) is 10.8 Å². The van der Waals surface area contributed by atoms with Crippen LogP contribution in [0.5, 0.6) is 11.5 Å². The Balaban J connectivity index is 1.40. The Morgan fingerprint density at radius 2 is 1.07 bits per heavy atom. The van der Waals surface area contributed by atoms with Crippen molar-refractivity contribution in [3.8, 4) is 22.6 Å². The molecule has 0 saturated heterocycles. The molecule has 0 atom stereocenters. The van der Waals surface area contributed by atoms with E-state index in [1.165, 1.54) is 0 Å². The lowest BCUT2D eigenvalue weighted by Gasteiger charge is -2.34. The Hall–Kier alpha value is -5.68. The first-order valence-electron chi connectivity index (χ1n) is 13.4. The van der Waals surface area contributed by atoms with E-state index < -0.39 is 0 Å². The van der Waals surface area contributed by atoms with E-state index in [1.54, 1.807) is 12.1 Å². The normalized spacial score (nSPS) is 11.8. The number of hydrogen-bond donors (Lipinski definition) is 2. The third kappa shape index (κ3) is 4.30. The zero-order chi connectivity index (χ0) is 27.8. The molecule has 196 valence electrons. The molecule has 0 amide bonds. The van der Waals surface area contributed by atoms with Crippen LogP contribution >= 0.6 is 0 Å². The zero-order valence-corrected chi connectivity index (χ0v) is 22.0. The van der Waals surface area contributed by atoms with Crippen molar-refractivity contribution < 1.29 is 9.47 Å². The number of hydrogen-bond acceptors (Lipinski definition) is 5. The summed E-state index contributed by atoms with van der Waals surface area (Å²) in [5, 5.41) is 19.4. The average Bonchev–Trinajstić information content (AvgIpc) is 3.03. The standard InChI is InChI=1S/C36H25N3O2/c37-35(25-12-2-1-3-13-25)41-36(38)28-17-5-4-16-26(28)27-18-10-14-24-15-11-21-31(34(24)27)39-29-19-6-8-22-32(29)40-33-23-9-7-20-30(33)39/h1-23,37-38H. The summed E-state index contributed by atoms with van der Waals surface area (Å²) in [7, 11) is 0. The molecular formula is C36H25N3O2. The number of fused-ring (bicyclic) bond motifs is 3. The maximum Gasteiger partial charge on any atom is 0.221 e. The van der Waals surface area contributed by atoms with E-state index in [2.05, 4.69) is 47.4 Å². The van der Waals surface area contributed by atoms with Gasteiger partial charge in [0.15, 0.2) is 11.5 Å². The monoisotopic (exact) mass is 531 g/mol. The molecule has 5 nitrogen and oxygen atoms in total. The third-order valence-corrected chi connectivity index (χ3v) is 7.26. The Morgan fingerprint density at radius 3 is 1.80 bits per heavy atom. The molecule has 5 heteroatoms. The van der Waals surface area contributed by atoms with E-state index in [4.69, 9.17) is 20.3 Å². The predicted octanol–water partition coefficient (Wildman–Crippen LogP) is 9.45. The van der Waals surface area contributed by atoms with E-state index in [-0.39, 0.29) is 11.8 Å². The Kier molecular flexibility index (Phi) is 6.02. The van der Waals surface area contributed by atoms with E-state index in [9.17, 15) is 0 Å². The van der Waals surface area contributed by atoms with Gasteiger partial charge in [0, 0.05) is 16.5 Å². The quantitative estimate of drug-likeness (QED) is 0.176. The summed E-state index contributed by atoms with van der Waals surface area (Å²) in [5.74, 6) is 1.43. The van der Waals surface area contributed by atoms with Gasteiger partial charge in [-0.3, -0.25) is 10.8 Å². The fourth-order valence-electron chi connectivity index (χ4n) is 5.42. The van der Waals surface area contributed by atoms with Crippen molar-refractivity contribution in [3.05, 3.63) is 151 Å². The topological polar surface area (TPSA) is 69.4 Å². The van der Waals surface area contributed by atoms with E-state index >= 15 is 0 Å². The van der Waals surface area contributed by atoms with Gasteiger partial charge in [0.1, 0.15) is 0 Å². The van der Waals surface area contributed by atoms with Crippen LogP contribution in [-0.4, -0.2) is 11.8 Å². The van der Waals surface area contributed by atoms with E-state index in [1.807, 2.05) is 84.9 Å². The average molecular weight is 532 g/mol. The first-order valence-corrected chi connectivity index (χ1v) is 13.4. The maximum absolute atomic E-state index is 8.86. The van der Waals surface area contributed by atoms with Gasteiger partial charge in [-0.15, -0.1) is 0 Å². The molecule has 2 N–H and O–H groups in total. The van der Waals surface area contributed by atoms with Crippen molar-refractivity contribution in [1.82, 2.24) is 0 Å². The van der Waals surface area contributed by atoms with Crippen LogP contribution in [0.2, 0.25) is 0 Å². The fraction of sp³-hybridized carbons (Fsp3) is 0. The lowest BCUT2D eigenvalue weighted by atomic mass is 9.92. The molecule has 0 bridgehead atoms. The minimum absolute atomic E-state index is 0.0643. The second-order valence-corrected chi connectivity index (χ2v) is 9.73. The van der Waals surface area contributed by atoms with Crippen LogP contribution in [0.4, 0.5) is 17.1 Å². The number of nitrogens with one attached hydrogen (secondary N) is 2. The molecule has 0 aromatic heterocycles. The van der Waals surface area contributed by atoms with Crippen molar-refractivity contribution in [2.75, 3.05) is 4.90 Å². The van der Waals surface area contributed by atoms with Crippen LogP contribution in [-0.2, 0) is 4.74 Å². The third-order valence-electron chi connectivity index (χ3n) is 7.26. The Labute approximate surface area is 237 Å².